The summed E-state index contributed by atoms with van der Waals surface area (Å²) in [5.74, 6) is -1.51. The van der Waals surface area contributed by atoms with Gasteiger partial charge in [0.25, 0.3) is 5.91 Å². The molecule has 0 unspecified atom stereocenters. The second kappa shape index (κ2) is 7.59. The number of nitrogens with one attached hydrogen (secondary N) is 1. The lowest BCUT2D eigenvalue weighted by atomic mass is 9.88. The molecule has 0 saturated carbocycles. The van der Waals surface area contributed by atoms with Crippen molar-refractivity contribution >= 4 is 21.7 Å². The van der Waals surface area contributed by atoms with Crippen molar-refractivity contribution in [3.63, 3.8) is 0 Å². The molecule has 0 spiro atoms. The van der Waals surface area contributed by atoms with Crippen LogP contribution in [-0.2, 0) is 14.6 Å². The normalized spacial score (nSPS) is 12.0. The third kappa shape index (κ3) is 4.79. The lowest BCUT2D eigenvalue weighted by molar-refractivity contribution is -0.138. The summed E-state index contributed by atoms with van der Waals surface area (Å²) in [7, 11) is -3.40. The van der Waals surface area contributed by atoms with Gasteiger partial charge in [-0.2, -0.15) is 0 Å². The van der Waals surface area contributed by atoms with Crippen LogP contribution in [0.4, 0.5) is 0 Å². The number of sulfone groups is 1. The number of benzene rings is 1. The summed E-state index contributed by atoms with van der Waals surface area (Å²) in [5, 5.41) is 11.8. The van der Waals surface area contributed by atoms with Gasteiger partial charge < -0.3 is 10.4 Å². The van der Waals surface area contributed by atoms with Crippen molar-refractivity contribution in [1.29, 1.82) is 0 Å². The molecule has 0 aliphatic heterocycles. The first-order chi connectivity index (χ1) is 10.7. The molecule has 0 aliphatic carbocycles. The highest BCUT2D eigenvalue weighted by atomic mass is 32.2. The Morgan fingerprint density at radius 2 is 1.78 bits per heavy atom. The molecule has 1 rings (SSSR count). The Kier molecular flexibility index (Phi) is 6.32. The Bertz CT molecular complexity index is 677. The van der Waals surface area contributed by atoms with Crippen LogP contribution in [0.25, 0.3) is 0 Å². The van der Waals surface area contributed by atoms with E-state index in [0.29, 0.717) is 12.8 Å². The Hall–Kier alpha value is -1.89. The Balaban J connectivity index is 3.10. The maximum atomic E-state index is 12.4. The molecule has 0 heterocycles. The minimum atomic E-state index is -3.40. The molecule has 0 atom stereocenters. The quantitative estimate of drug-likeness (QED) is 0.755. The molecular weight excluding hydrogens is 318 g/mol. The molecule has 6 nitrogen and oxygen atoms in total. The van der Waals surface area contributed by atoms with Crippen molar-refractivity contribution < 1.29 is 23.1 Å². The number of amides is 1. The standard InChI is InChI=1S/C16H23NO5S/c1-4-16(5-2,11-14(18)19)17-15(20)12-8-7-9-13(10-12)23(21,22)6-3/h7-10H,4-6,11H2,1-3H3,(H,17,20)(H,18,19). The van der Waals surface area contributed by atoms with Gasteiger partial charge in [-0.15, -0.1) is 0 Å². The van der Waals surface area contributed by atoms with Gasteiger partial charge in [-0.05, 0) is 31.0 Å². The van der Waals surface area contributed by atoms with E-state index < -0.39 is 27.3 Å². The summed E-state index contributed by atoms with van der Waals surface area (Å²) >= 11 is 0. The summed E-state index contributed by atoms with van der Waals surface area (Å²) in [4.78, 5) is 23.6. The summed E-state index contributed by atoms with van der Waals surface area (Å²) in [5.41, 5.74) is -0.640. The van der Waals surface area contributed by atoms with Gasteiger partial charge in [0.1, 0.15) is 0 Å². The predicted octanol–water partition coefficient (Wildman–Crippen LogP) is 2.24. The smallest absolute Gasteiger partial charge is 0.305 e. The van der Waals surface area contributed by atoms with E-state index >= 15 is 0 Å². The minimum Gasteiger partial charge on any atom is -0.481 e. The fourth-order valence-corrected chi connectivity index (χ4v) is 3.25. The van der Waals surface area contributed by atoms with Crippen LogP contribution in [0.1, 0.15) is 50.4 Å². The topological polar surface area (TPSA) is 101 Å². The fraction of sp³-hybridized carbons (Fsp3) is 0.500. The van der Waals surface area contributed by atoms with Crippen molar-refractivity contribution in [2.45, 2.75) is 50.5 Å². The molecule has 0 radical (unpaired) electrons. The predicted molar refractivity (Wildman–Crippen MR) is 87.2 cm³/mol. The van der Waals surface area contributed by atoms with Crippen molar-refractivity contribution in [2.24, 2.45) is 0 Å². The first-order valence-corrected chi connectivity index (χ1v) is 9.22. The first-order valence-electron chi connectivity index (χ1n) is 7.56. The van der Waals surface area contributed by atoms with E-state index in [2.05, 4.69) is 5.32 Å². The third-order valence-corrected chi connectivity index (χ3v) is 5.79. The SMILES string of the molecule is CCC(CC)(CC(=O)O)NC(=O)c1cccc(S(=O)(=O)CC)c1. The van der Waals surface area contributed by atoms with Crippen LogP contribution in [-0.4, -0.2) is 36.7 Å². The zero-order chi connectivity index (χ0) is 17.7. The number of carboxylic acids is 1. The minimum absolute atomic E-state index is 0.0507. The molecular formula is C16H23NO5S. The molecule has 1 aromatic rings. The molecule has 0 aromatic heterocycles. The molecule has 7 heteroatoms. The number of hydrogen-bond donors (Lipinski definition) is 2. The zero-order valence-electron chi connectivity index (χ0n) is 13.6. The van der Waals surface area contributed by atoms with Gasteiger partial charge in [0.15, 0.2) is 9.84 Å². The second-order valence-electron chi connectivity index (χ2n) is 5.44. The molecule has 0 bridgehead atoms. The van der Waals surface area contributed by atoms with Crippen LogP contribution in [0, 0.1) is 0 Å². The van der Waals surface area contributed by atoms with E-state index in [9.17, 15) is 18.0 Å². The number of carbonyl (C=O) groups excluding carboxylic acids is 1. The van der Waals surface area contributed by atoms with Crippen molar-refractivity contribution in [3.05, 3.63) is 29.8 Å². The molecule has 1 aromatic carbocycles. The van der Waals surface area contributed by atoms with Crippen LogP contribution >= 0.6 is 0 Å². The highest BCUT2D eigenvalue weighted by molar-refractivity contribution is 7.91. The highest BCUT2D eigenvalue weighted by Gasteiger charge is 2.31. The maximum Gasteiger partial charge on any atom is 0.305 e. The van der Waals surface area contributed by atoms with Crippen molar-refractivity contribution in [1.82, 2.24) is 5.32 Å². The molecule has 1 amide bonds. The van der Waals surface area contributed by atoms with E-state index in [1.807, 2.05) is 13.8 Å². The lowest BCUT2D eigenvalue weighted by Crippen LogP contribution is -2.49. The molecule has 0 aliphatic rings. The van der Waals surface area contributed by atoms with Gasteiger partial charge in [0.2, 0.25) is 0 Å². The molecule has 0 fully saturated rings. The Labute approximate surface area is 136 Å². The van der Waals surface area contributed by atoms with Crippen molar-refractivity contribution in [2.75, 3.05) is 5.75 Å². The van der Waals surface area contributed by atoms with Crippen LogP contribution in [0.3, 0.4) is 0 Å². The third-order valence-electron chi connectivity index (χ3n) is 4.06. The van der Waals surface area contributed by atoms with E-state index in [1.54, 1.807) is 0 Å². The van der Waals surface area contributed by atoms with Crippen molar-refractivity contribution in [3.8, 4) is 0 Å². The average Bonchev–Trinajstić information content (AvgIpc) is 2.53. The zero-order valence-corrected chi connectivity index (χ0v) is 14.4. The number of hydrogen-bond acceptors (Lipinski definition) is 4. The Morgan fingerprint density at radius 3 is 2.26 bits per heavy atom. The van der Waals surface area contributed by atoms with E-state index in [1.165, 1.54) is 31.2 Å². The van der Waals surface area contributed by atoms with E-state index in [4.69, 9.17) is 5.11 Å². The van der Waals surface area contributed by atoms with Gasteiger partial charge in [-0.25, -0.2) is 8.42 Å². The van der Waals surface area contributed by atoms with Gasteiger partial charge in [0, 0.05) is 5.56 Å². The summed E-state index contributed by atoms with van der Waals surface area (Å²) < 4.78 is 23.8. The average molecular weight is 341 g/mol. The molecule has 0 saturated heterocycles. The van der Waals surface area contributed by atoms with E-state index in [-0.39, 0.29) is 22.6 Å². The van der Waals surface area contributed by atoms with Crippen LogP contribution < -0.4 is 5.32 Å². The summed E-state index contributed by atoms with van der Waals surface area (Å²) in [6.07, 6.45) is 0.752. The second-order valence-corrected chi connectivity index (χ2v) is 7.72. The summed E-state index contributed by atoms with van der Waals surface area (Å²) in [6, 6.07) is 5.79. The van der Waals surface area contributed by atoms with Gasteiger partial charge in [0.05, 0.1) is 22.6 Å². The number of aliphatic carboxylic acids is 1. The van der Waals surface area contributed by atoms with Gasteiger partial charge >= 0.3 is 5.97 Å². The number of carboxylic acid groups (broad SMARTS) is 1. The lowest BCUT2D eigenvalue weighted by Gasteiger charge is -2.31. The molecule has 128 valence electrons. The van der Waals surface area contributed by atoms with Gasteiger partial charge in [-0.1, -0.05) is 26.8 Å². The van der Waals surface area contributed by atoms with Crippen LogP contribution in [0.5, 0.6) is 0 Å². The van der Waals surface area contributed by atoms with Gasteiger partial charge in [-0.3, -0.25) is 9.59 Å². The molecule has 23 heavy (non-hydrogen) atoms. The number of carbonyl (C=O) groups is 2. The van der Waals surface area contributed by atoms with Crippen LogP contribution in [0.15, 0.2) is 29.2 Å². The maximum absolute atomic E-state index is 12.4. The summed E-state index contributed by atoms with van der Waals surface area (Å²) in [6.45, 7) is 5.16. The largest absolute Gasteiger partial charge is 0.481 e. The van der Waals surface area contributed by atoms with Crippen LogP contribution in [0.2, 0.25) is 0 Å². The number of rotatable bonds is 8. The van der Waals surface area contributed by atoms with E-state index in [0.717, 1.165) is 0 Å². The fourth-order valence-electron chi connectivity index (χ4n) is 2.32. The Morgan fingerprint density at radius 1 is 1.17 bits per heavy atom. The highest BCUT2D eigenvalue weighted by Crippen LogP contribution is 2.21. The monoisotopic (exact) mass is 341 g/mol. The molecule has 2 N–H and O–H groups in total. The first kappa shape index (κ1) is 19.2.